The lowest BCUT2D eigenvalue weighted by Gasteiger charge is -1.94. The van der Waals surface area contributed by atoms with Crippen molar-refractivity contribution in [3.05, 3.63) is 47.9 Å². The summed E-state index contributed by atoms with van der Waals surface area (Å²) in [6.45, 7) is 0.836. The number of hydrogen-bond donors (Lipinski definition) is 0. The Morgan fingerprint density at radius 2 is 2.27 bits per heavy atom. The summed E-state index contributed by atoms with van der Waals surface area (Å²) in [6.07, 6.45) is 3.72. The summed E-state index contributed by atoms with van der Waals surface area (Å²) in [7, 11) is 0. The van der Waals surface area contributed by atoms with Crippen molar-refractivity contribution in [2.24, 2.45) is 0 Å². The van der Waals surface area contributed by atoms with E-state index >= 15 is 0 Å². The van der Waals surface area contributed by atoms with Gasteiger partial charge in [0.2, 0.25) is 5.69 Å². The molecule has 0 unspecified atom stereocenters. The van der Waals surface area contributed by atoms with Gasteiger partial charge in [0.15, 0.2) is 18.4 Å². The van der Waals surface area contributed by atoms with E-state index in [4.69, 9.17) is 5.26 Å². The zero-order valence-electron chi connectivity index (χ0n) is 8.01. The summed E-state index contributed by atoms with van der Waals surface area (Å²) in [5, 5.41) is 9.01. The van der Waals surface area contributed by atoms with Crippen molar-refractivity contribution in [2.45, 2.75) is 6.54 Å². The van der Waals surface area contributed by atoms with E-state index in [0.29, 0.717) is 5.69 Å². The van der Waals surface area contributed by atoms with Gasteiger partial charge in [-0.2, -0.15) is 9.83 Å². The fraction of sp³-hybridized carbons (Fsp3) is 0.0833. The molecule has 2 aromatic heterocycles. The van der Waals surface area contributed by atoms with Crippen LogP contribution in [0.2, 0.25) is 0 Å². The molecule has 0 saturated heterocycles. The molecule has 0 bridgehead atoms. The topological polar surface area (TPSA) is 40.6 Å². The normalized spacial score (nSPS) is 11.7. The zero-order valence-corrected chi connectivity index (χ0v) is 8.01. The van der Waals surface area contributed by atoms with Crippen LogP contribution in [0.15, 0.2) is 36.7 Å². The van der Waals surface area contributed by atoms with Crippen LogP contribution < -0.4 is 4.57 Å². The van der Waals surface area contributed by atoms with Gasteiger partial charge in [-0.1, -0.05) is 0 Å². The maximum Gasteiger partial charge on any atom is 0.216 e. The predicted molar refractivity (Wildman–Crippen MR) is 53.7 cm³/mol. The maximum atomic E-state index is 9.01. The Morgan fingerprint density at radius 1 is 1.33 bits per heavy atom. The van der Waals surface area contributed by atoms with Crippen molar-refractivity contribution in [1.82, 2.24) is 4.98 Å². The summed E-state index contributed by atoms with van der Waals surface area (Å²) in [6, 6.07) is 10.1. The summed E-state index contributed by atoms with van der Waals surface area (Å²) < 4.78 is 2.13. The quantitative estimate of drug-likeness (QED) is 0.506. The van der Waals surface area contributed by atoms with Crippen molar-refractivity contribution in [1.29, 1.82) is 5.26 Å². The standard InChI is InChI=1S/C12H8N3/c13-7-10-12-9(4-5-14-10)8-15-6-2-1-3-11(12)15/h1-6H,8H2/q+1. The Labute approximate surface area is 87.3 Å². The molecule has 0 spiro atoms. The molecule has 3 heterocycles. The van der Waals surface area contributed by atoms with Gasteiger partial charge >= 0.3 is 0 Å². The maximum absolute atomic E-state index is 9.01. The van der Waals surface area contributed by atoms with Gasteiger partial charge in [0, 0.05) is 23.9 Å². The fourth-order valence-electron chi connectivity index (χ4n) is 2.03. The Bertz CT molecular complexity index is 582. The third-order valence-electron chi connectivity index (χ3n) is 2.68. The van der Waals surface area contributed by atoms with Gasteiger partial charge in [0.1, 0.15) is 6.07 Å². The monoisotopic (exact) mass is 194 g/mol. The smallest absolute Gasteiger partial charge is 0.216 e. The average Bonchev–Trinajstić information content (AvgIpc) is 2.67. The van der Waals surface area contributed by atoms with Gasteiger partial charge < -0.3 is 0 Å². The van der Waals surface area contributed by atoms with Gasteiger partial charge in [-0.15, -0.1) is 0 Å². The highest BCUT2D eigenvalue weighted by atomic mass is 15.0. The van der Waals surface area contributed by atoms with E-state index < -0.39 is 0 Å². The molecular weight excluding hydrogens is 186 g/mol. The molecule has 0 aromatic carbocycles. The van der Waals surface area contributed by atoms with Crippen molar-refractivity contribution >= 4 is 0 Å². The first-order chi connectivity index (χ1) is 7.40. The molecule has 0 fully saturated rings. The van der Waals surface area contributed by atoms with Crippen molar-refractivity contribution in [3.63, 3.8) is 0 Å². The first-order valence-electron chi connectivity index (χ1n) is 4.77. The van der Waals surface area contributed by atoms with Gasteiger partial charge in [-0.25, -0.2) is 4.98 Å². The Kier molecular flexibility index (Phi) is 1.57. The summed E-state index contributed by atoms with van der Waals surface area (Å²) in [5.41, 5.74) is 3.76. The molecule has 0 saturated carbocycles. The van der Waals surface area contributed by atoms with Crippen LogP contribution in [0, 0.1) is 11.3 Å². The number of nitrogens with zero attached hydrogens (tertiary/aromatic N) is 3. The van der Waals surface area contributed by atoms with Crippen LogP contribution in [-0.2, 0) is 6.54 Å². The minimum atomic E-state index is 0.518. The molecule has 3 nitrogen and oxygen atoms in total. The Balaban J connectivity index is 2.36. The largest absolute Gasteiger partial charge is 0.245 e. The van der Waals surface area contributed by atoms with Gasteiger partial charge in [0.05, 0.1) is 5.56 Å². The lowest BCUT2D eigenvalue weighted by Crippen LogP contribution is -2.31. The van der Waals surface area contributed by atoms with E-state index in [-0.39, 0.29) is 0 Å². The molecule has 15 heavy (non-hydrogen) atoms. The van der Waals surface area contributed by atoms with E-state index in [1.807, 2.05) is 30.5 Å². The molecule has 0 radical (unpaired) electrons. The molecule has 70 valence electrons. The molecule has 0 aliphatic carbocycles. The summed E-state index contributed by atoms with van der Waals surface area (Å²) in [5.74, 6) is 0. The molecule has 1 aliphatic rings. The SMILES string of the molecule is N#Cc1nccc2c1-c1cccc[n+]1C2. The second kappa shape index (κ2) is 2.89. The molecule has 1 aliphatic heterocycles. The molecule has 3 rings (SSSR count). The van der Waals surface area contributed by atoms with Crippen molar-refractivity contribution in [3.8, 4) is 17.3 Å². The van der Waals surface area contributed by atoms with Crippen molar-refractivity contribution < 1.29 is 4.57 Å². The fourth-order valence-corrected chi connectivity index (χ4v) is 2.03. The van der Waals surface area contributed by atoms with Gasteiger partial charge in [-0.3, -0.25) is 0 Å². The Hall–Kier alpha value is -2.21. The minimum Gasteiger partial charge on any atom is -0.245 e. The number of nitriles is 1. The highest BCUT2D eigenvalue weighted by Crippen LogP contribution is 2.27. The number of pyridine rings is 2. The average molecular weight is 194 g/mol. The summed E-state index contributed by atoms with van der Waals surface area (Å²) in [4.78, 5) is 4.09. The van der Waals surface area contributed by atoms with Crippen LogP contribution in [0.3, 0.4) is 0 Å². The molecular formula is C12H8N3+. The van der Waals surface area contributed by atoms with E-state index in [2.05, 4.69) is 15.6 Å². The van der Waals surface area contributed by atoms with Crippen LogP contribution in [0.1, 0.15) is 11.3 Å². The number of fused-ring (bicyclic) bond motifs is 3. The van der Waals surface area contributed by atoms with Gasteiger partial charge in [0.25, 0.3) is 0 Å². The molecule has 0 amide bonds. The zero-order chi connectivity index (χ0) is 10.3. The highest BCUT2D eigenvalue weighted by Gasteiger charge is 2.28. The first kappa shape index (κ1) is 8.13. The third kappa shape index (κ3) is 1.05. The van der Waals surface area contributed by atoms with Crippen LogP contribution >= 0.6 is 0 Å². The number of hydrogen-bond acceptors (Lipinski definition) is 2. The van der Waals surface area contributed by atoms with E-state index in [1.54, 1.807) is 6.20 Å². The van der Waals surface area contributed by atoms with Crippen LogP contribution in [0.5, 0.6) is 0 Å². The molecule has 3 heteroatoms. The first-order valence-corrected chi connectivity index (χ1v) is 4.77. The van der Waals surface area contributed by atoms with Crippen LogP contribution in [0.4, 0.5) is 0 Å². The van der Waals surface area contributed by atoms with E-state index in [0.717, 1.165) is 17.8 Å². The van der Waals surface area contributed by atoms with E-state index in [1.165, 1.54) is 5.56 Å². The predicted octanol–water partition coefficient (Wildman–Crippen LogP) is 1.27. The minimum absolute atomic E-state index is 0.518. The van der Waals surface area contributed by atoms with Crippen LogP contribution in [0.25, 0.3) is 11.3 Å². The van der Waals surface area contributed by atoms with Gasteiger partial charge in [-0.05, 0) is 12.1 Å². The second-order valence-electron chi connectivity index (χ2n) is 3.52. The molecule has 2 aromatic rings. The molecule has 0 N–H and O–H groups in total. The lowest BCUT2D eigenvalue weighted by molar-refractivity contribution is -0.672. The second-order valence-corrected chi connectivity index (χ2v) is 3.52. The number of aromatic nitrogens is 2. The van der Waals surface area contributed by atoms with Crippen LogP contribution in [-0.4, -0.2) is 4.98 Å². The Morgan fingerprint density at radius 3 is 3.13 bits per heavy atom. The van der Waals surface area contributed by atoms with Crippen molar-refractivity contribution in [2.75, 3.05) is 0 Å². The molecule has 0 atom stereocenters. The highest BCUT2D eigenvalue weighted by molar-refractivity contribution is 5.68. The van der Waals surface area contributed by atoms with E-state index in [9.17, 15) is 0 Å². The third-order valence-corrected chi connectivity index (χ3v) is 2.68. The lowest BCUT2D eigenvalue weighted by atomic mass is 10.1. The summed E-state index contributed by atoms with van der Waals surface area (Å²) >= 11 is 0. The number of rotatable bonds is 0.